The van der Waals surface area contributed by atoms with E-state index in [1.807, 2.05) is 0 Å². The average molecular weight is 324 g/mol. The van der Waals surface area contributed by atoms with Gasteiger partial charge in [-0.1, -0.05) is 30.3 Å². The van der Waals surface area contributed by atoms with Gasteiger partial charge in [0.25, 0.3) is 11.5 Å². The Bertz CT molecular complexity index is 993. The molecule has 2 N–H and O–H groups in total. The topological polar surface area (TPSA) is 87.2 Å². The molecule has 1 amide bonds. The largest absolute Gasteiger partial charge is 0.292 e. The van der Waals surface area contributed by atoms with Crippen LogP contribution in [0, 0.1) is 5.82 Å². The minimum Gasteiger partial charge on any atom is -0.267 e. The summed E-state index contributed by atoms with van der Waals surface area (Å²) in [5, 5.41) is 10.9. The normalized spacial score (nSPS) is 11.5. The fraction of sp³-hybridized carbons (Fsp3) is 0.0588. The number of H-pyrrole nitrogens is 1. The number of carbonyl (C=O) groups is 1. The molecule has 7 heteroatoms. The highest BCUT2D eigenvalue weighted by Gasteiger charge is 2.13. The van der Waals surface area contributed by atoms with E-state index in [1.54, 1.807) is 43.3 Å². The molecule has 0 unspecified atom stereocenters. The molecule has 120 valence electrons. The lowest BCUT2D eigenvalue weighted by atomic mass is 10.1. The number of hydrogen-bond donors (Lipinski definition) is 2. The van der Waals surface area contributed by atoms with Gasteiger partial charge in [0.05, 0.1) is 11.1 Å². The van der Waals surface area contributed by atoms with Gasteiger partial charge in [-0.05, 0) is 30.7 Å². The average Bonchev–Trinajstić information content (AvgIpc) is 2.60. The van der Waals surface area contributed by atoms with Gasteiger partial charge in [-0.25, -0.2) is 14.9 Å². The van der Waals surface area contributed by atoms with Crippen LogP contribution in [0.3, 0.4) is 0 Å². The van der Waals surface area contributed by atoms with Crippen molar-refractivity contribution in [2.75, 3.05) is 0 Å². The van der Waals surface area contributed by atoms with Gasteiger partial charge >= 0.3 is 0 Å². The summed E-state index contributed by atoms with van der Waals surface area (Å²) in [6, 6.07) is 12.4. The molecule has 0 radical (unpaired) electrons. The number of nitrogens with zero attached hydrogens (tertiary/aromatic N) is 2. The van der Waals surface area contributed by atoms with Crippen LogP contribution in [0.1, 0.15) is 23.0 Å². The number of hydrogen-bond acceptors (Lipinski definition) is 4. The Balaban J connectivity index is 1.88. The third kappa shape index (κ3) is 3.05. The summed E-state index contributed by atoms with van der Waals surface area (Å²) in [4.78, 5) is 24.0. The molecule has 1 aromatic heterocycles. The standard InChI is InChI=1S/C17H13FN4O2/c1-10(11-6-8-12(18)9-7-11)19-22-17(24)15-13-4-2-3-5-14(13)16(23)21-20-15/h2-9H,1H3,(H,21,23)(H,22,24)/b19-10+. The Morgan fingerprint density at radius 2 is 1.79 bits per heavy atom. The molecule has 3 rings (SSSR count). The zero-order valence-corrected chi connectivity index (χ0v) is 12.7. The third-order valence-corrected chi connectivity index (χ3v) is 3.50. The fourth-order valence-electron chi connectivity index (χ4n) is 2.23. The highest BCUT2D eigenvalue weighted by Crippen LogP contribution is 2.12. The Kier molecular flexibility index (Phi) is 4.15. The molecule has 24 heavy (non-hydrogen) atoms. The minimum atomic E-state index is -0.552. The summed E-state index contributed by atoms with van der Waals surface area (Å²) < 4.78 is 12.9. The van der Waals surface area contributed by atoms with Crippen LogP contribution in [0.15, 0.2) is 58.4 Å². The summed E-state index contributed by atoms with van der Waals surface area (Å²) in [6.45, 7) is 1.69. The summed E-state index contributed by atoms with van der Waals surface area (Å²) in [7, 11) is 0. The number of fused-ring (bicyclic) bond motifs is 1. The van der Waals surface area contributed by atoms with Crippen molar-refractivity contribution in [1.29, 1.82) is 0 Å². The molecule has 6 nitrogen and oxygen atoms in total. The maximum Gasteiger partial charge on any atom is 0.292 e. The van der Waals surface area contributed by atoms with Crippen LogP contribution in [0.25, 0.3) is 10.8 Å². The summed E-state index contributed by atoms with van der Waals surface area (Å²) in [5.41, 5.74) is 3.28. The van der Waals surface area contributed by atoms with E-state index in [4.69, 9.17) is 0 Å². The molecule has 0 aliphatic heterocycles. The van der Waals surface area contributed by atoms with Crippen LogP contribution in [-0.4, -0.2) is 21.8 Å². The molecule has 0 spiro atoms. The zero-order chi connectivity index (χ0) is 17.1. The maximum atomic E-state index is 12.9. The highest BCUT2D eigenvalue weighted by atomic mass is 19.1. The molecular weight excluding hydrogens is 311 g/mol. The highest BCUT2D eigenvalue weighted by molar-refractivity contribution is 6.06. The van der Waals surface area contributed by atoms with Crippen molar-refractivity contribution in [1.82, 2.24) is 15.6 Å². The van der Waals surface area contributed by atoms with Crippen LogP contribution in [-0.2, 0) is 0 Å². The molecule has 1 heterocycles. The van der Waals surface area contributed by atoms with Crippen molar-refractivity contribution in [2.45, 2.75) is 6.92 Å². The number of nitrogens with one attached hydrogen (secondary N) is 2. The van der Waals surface area contributed by atoms with Gasteiger partial charge in [0, 0.05) is 5.39 Å². The zero-order valence-electron chi connectivity index (χ0n) is 12.7. The predicted molar refractivity (Wildman–Crippen MR) is 88.4 cm³/mol. The van der Waals surface area contributed by atoms with Gasteiger partial charge < -0.3 is 0 Å². The van der Waals surface area contributed by atoms with E-state index >= 15 is 0 Å². The van der Waals surface area contributed by atoms with Gasteiger partial charge in [0.1, 0.15) is 5.82 Å². The van der Waals surface area contributed by atoms with E-state index in [0.29, 0.717) is 22.0 Å². The first kappa shape index (κ1) is 15.5. The Morgan fingerprint density at radius 3 is 2.50 bits per heavy atom. The molecule has 0 atom stereocenters. The lowest BCUT2D eigenvalue weighted by molar-refractivity contribution is 0.0950. The third-order valence-electron chi connectivity index (χ3n) is 3.50. The SMILES string of the molecule is C/C(=N\NC(=O)c1n[nH]c(=O)c2ccccc12)c1ccc(F)cc1. The number of aromatic amines is 1. The summed E-state index contributed by atoms with van der Waals surface area (Å²) in [5.74, 6) is -0.900. The van der Waals surface area contributed by atoms with Gasteiger partial charge in [0.15, 0.2) is 5.69 Å². The predicted octanol–water partition coefficient (Wildman–Crippen LogP) is 2.22. The molecule has 2 aromatic carbocycles. The number of rotatable bonds is 3. The quantitative estimate of drug-likeness (QED) is 0.572. The number of benzene rings is 2. The van der Waals surface area contributed by atoms with Crippen LogP contribution < -0.4 is 11.0 Å². The monoisotopic (exact) mass is 324 g/mol. The van der Waals surface area contributed by atoms with Crippen molar-refractivity contribution in [2.24, 2.45) is 5.10 Å². The van der Waals surface area contributed by atoms with Crippen molar-refractivity contribution in [3.8, 4) is 0 Å². The van der Waals surface area contributed by atoms with E-state index in [2.05, 4.69) is 20.7 Å². The molecule has 0 aliphatic rings. The van der Waals surface area contributed by atoms with Crippen molar-refractivity contribution in [3.63, 3.8) is 0 Å². The number of carbonyl (C=O) groups excluding carboxylic acids is 1. The second-order valence-corrected chi connectivity index (χ2v) is 5.09. The van der Waals surface area contributed by atoms with Crippen LogP contribution in [0.2, 0.25) is 0 Å². The summed E-state index contributed by atoms with van der Waals surface area (Å²) >= 11 is 0. The summed E-state index contributed by atoms with van der Waals surface area (Å²) in [6.07, 6.45) is 0. The minimum absolute atomic E-state index is 0.0702. The van der Waals surface area contributed by atoms with E-state index < -0.39 is 5.91 Å². The Hall–Kier alpha value is -3.35. The Labute approximate surface area is 136 Å². The molecule has 0 fully saturated rings. The van der Waals surface area contributed by atoms with Gasteiger partial charge in [-0.2, -0.15) is 10.2 Å². The number of amides is 1. The number of hydrazone groups is 1. The number of aromatic nitrogens is 2. The fourth-order valence-corrected chi connectivity index (χ4v) is 2.23. The molecule has 0 bridgehead atoms. The lowest BCUT2D eigenvalue weighted by Gasteiger charge is -2.05. The molecular formula is C17H13FN4O2. The van der Waals surface area contributed by atoms with Gasteiger partial charge in [0.2, 0.25) is 0 Å². The Morgan fingerprint density at radius 1 is 1.12 bits per heavy atom. The van der Waals surface area contributed by atoms with Crippen molar-refractivity contribution in [3.05, 3.63) is 76.0 Å². The molecule has 0 saturated carbocycles. The maximum absolute atomic E-state index is 12.9. The first-order valence-corrected chi connectivity index (χ1v) is 7.14. The first-order chi connectivity index (χ1) is 11.6. The second kappa shape index (κ2) is 6.41. The number of halogens is 1. The van der Waals surface area contributed by atoms with E-state index in [1.165, 1.54) is 12.1 Å². The smallest absolute Gasteiger partial charge is 0.267 e. The molecule has 0 saturated heterocycles. The van der Waals surface area contributed by atoms with E-state index in [0.717, 1.165) is 0 Å². The first-order valence-electron chi connectivity index (χ1n) is 7.14. The molecule has 3 aromatic rings. The van der Waals surface area contributed by atoms with Crippen molar-refractivity contribution >= 4 is 22.4 Å². The van der Waals surface area contributed by atoms with Crippen molar-refractivity contribution < 1.29 is 9.18 Å². The van der Waals surface area contributed by atoms with Crippen LogP contribution >= 0.6 is 0 Å². The van der Waals surface area contributed by atoms with E-state index in [9.17, 15) is 14.0 Å². The lowest BCUT2D eigenvalue weighted by Crippen LogP contribution is -2.23. The van der Waals surface area contributed by atoms with E-state index in [-0.39, 0.29) is 17.1 Å². The van der Waals surface area contributed by atoms with Crippen LogP contribution in [0.4, 0.5) is 4.39 Å². The van der Waals surface area contributed by atoms with Crippen LogP contribution in [0.5, 0.6) is 0 Å². The van der Waals surface area contributed by atoms with Gasteiger partial charge in [-0.15, -0.1) is 0 Å². The van der Waals surface area contributed by atoms with Gasteiger partial charge in [-0.3, -0.25) is 9.59 Å². The molecule has 0 aliphatic carbocycles. The second-order valence-electron chi connectivity index (χ2n) is 5.09.